The highest BCUT2D eigenvalue weighted by atomic mass is 35.5. The van der Waals surface area contributed by atoms with Crippen LogP contribution >= 0.6 is 11.6 Å². The molecule has 0 bridgehead atoms. The molecule has 0 spiro atoms. The molecule has 2 aromatic rings. The maximum Gasteiger partial charge on any atom is 0.125 e. The van der Waals surface area contributed by atoms with Crippen molar-refractivity contribution >= 4 is 11.6 Å². The Balaban J connectivity index is 2.21. The summed E-state index contributed by atoms with van der Waals surface area (Å²) in [5.74, 6) is 0.798. The molecule has 1 aromatic carbocycles. The summed E-state index contributed by atoms with van der Waals surface area (Å²) >= 11 is 6.03. The standard InChI is InChI=1S/C15H13ClN2O/c1-10-5-12(7-17)6-11(2)15(10)19-9-13-3-4-18-8-14(13)16/h3-6,8H,9H2,1-2H3. The van der Waals surface area contributed by atoms with E-state index in [9.17, 15) is 0 Å². The summed E-state index contributed by atoms with van der Waals surface area (Å²) in [5, 5.41) is 9.50. The Labute approximate surface area is 117 Å². The molecule has 0 unspecified atom stereocenters. The highest BCUT2D eigenvalue weighted by molar-refractivity contribution is 6.31. The molecule has 0 saturated carbocycles. The maximum absolute atomic E-state index is 8.91. The molecule has 3 nitrogen and oxygen atoms in total. The van der Waals surface area contributed by atoms with Gasteiger partial charge in [-0.05, 0) is 43.2 Å². The SMILES string of the molecule is Cc1cc(C#N)cc(C)c1OCc1ccncc1Cl. The monoisotopic (exact) mass is 272 g/mol. The van der Waals surface area contributed by atoms with Crippen molar-refractivity contribution in [3.63, 3.8) is 0 Å². The number of nitriles is 1. The first-order chi connectivity index (χ1) is 9.11. The molecule has 0 N–H and O–H groups in total. The summed E-state index contributed by atoms with van der Waals surface area (Å²) in [4.78, 5) is 3.93. The van der Waals surface area contributed by atoms with Crippen molar-refractivity contribution in [2.75, 3.05) is 0 Å². The lowest BCUT2D eigenvalue weighted by molar-refractivity contribution is 0.302. The molecular weight excluding hydrogens is 260 g/mol. The van der Waals surface area contributed by atoms with Crippen LogP contribution in [0.5, 0.6) is 5.75 Å². The molecule has 19 heavy (non-hydrogen) atoms. The van der Waals surface area contributed by atoms with E-state index < -0.39 is 0 Å². The number of hydrogen-bond donors (Lipinski definition) is 0. The van der Waals surface area contributed by atoms with Gasteiger partial charge >= 0.3 is 0 Å². The third-order valence-electron chi connectivity index (χ3n) is 2.82. The van der Waals surface area contributed by atoms with Crippen molar-refractivity contribution in [2.45, 2.75) is 20.5 Å². The Kier molecular flexibility index (Phi) is 4.03. The fourth-order valence-electron chi connectivity index (χ4n) is 1.91. The van der Waals surface area contributed by atoms with E-state index in [2.05, 4.69) is 11.1 Å². The lowest BCUT2D eigenvalue weighted by Gasteiger charge is -2.13. The van der Waals surface area contributed by atoms with Crippen LogP contribution in [-0.2, 0) is 6.61 Å². The van der Waals surface area contributed by atoms with Crippen molar-refractivity contribution < 1.29 is 4.74 Å². The molecule has 0 radical (unpaired) electrons. The summed E-state index contributed by atoms with van der Waals surface area (Å²) in [6, 6.07) is 7.60. The minimum absolute atomic E-state index is 0.384. The van der Waals surface area contributed by atoms with Crippen molar-refractivity contribution in [1.29, 1.82) is 5.26 Å². The number of ether oxygens (including phenoxy) is 1. The van der Waals surface area contributed by atoms with E-state index in [1.54, 1.807) is 12.4 Å². The van der Waals surface area contributed by atoms with Gasteiger partial charge in [-0.3, -0.25) is 4.98 Å². The van der Waals surface area contributed by atoms with Gasteiger partial charge in [0.25, 0.3) is 0 Å². The third kappa shape index (κ3) is 3.04. The summed E-state index contributed by atoms with van der Waals surface area (Å²) in [6.45, 7) is 4.24. The van der Waals surface area contributed by atoms with E-state index in [0.717, 1.165) is 22.4 Å². The lowest BCUT2D eigenvalue weighted by atomic mass is 10.1. The van der Waals surface area contributed by atoms with Crippen molar-refractivity contribution in [3.05, 3.63) is 57.9 Å². The summed E-state index contributed by atoms with van der Waals surface area (Å²) < 4.78 is 5.81. The van der Waals surface area contributed by atoms with Gasteiger partial charge in [0.1, 0.15) is 12.4 Å². The van der Waals surface area contributed by atoms with Crippen molar-refractivity contribution in [1.82, 2.24) is 4.98 Å². The Bertz CT molecular complexity index is 624. The second kappa shape index (κ2) is 5.73. The normalized spacial score (nSPS) is 10.0. The van der Waals surface area contributed by atoms with Gasteiger partial charge < -0.3 is 4.74 Å². The lowest BCUT2D eigenvalue weighted by Crippen LogP contribution is -2.00. The zero-order valence-electron chi connectivity index (χ0n) is 10.8. The van der Waals surface area contributed by atoms with Crippen LogP contribution in [0.25, 0.3) is 0 Å². The Morgan fingerprint density at radius 1 is 1.32 bits per heavy atom. The van der Waals surface area contributed by atoms with Gasteiger partial charge in [0, 0.05) is 18.0 Å². The highest BCUT2D eigenvalue weighted by Crippen LogP contribution is 2.26. The van der Waals surface area contributed by atoms with Gasteiger partial charge in [0.05, 0.1) is 16.7 Å². The van der Waals surface area contributed by atoms with Gasteiger partial charge in [-0.1, -0.05) is 11.6 Å². The predicted octanol–water partition coefficient (Wildman–Crippen LogP) is 3.80. The molecule has 96 valence electrons. The number of pyridine rings is 1. The first-order valence-electron chi connectivity index (χ1n) is 5.84. The average Bonchev–Trinajstić information content (AvgIpc) is 2.39. The molecule has 0 amide bonds. The van der Waals surface area contributed by atoms with E-state index in [1.807, 2.05) is 32.0 Å². The van der Waals surface area contributed by atoms with Crippen LogP contribution in [0.2, 0.25) is 5.02 Å². The molecule has 1 aromatic heterocycles. The van der Waals surface area contributed by atoms with Crippen LogP contribution < -0.4 is 4.74 Å². The molecule has 0 aliphatic heterocycles. The van der Waals surface area contributed by atoms with Crippen LogP contribution in [0.1, 0.15) is 22.3 Å². The number of aryl methyl sites for hydroxylation is 2. The van der Waals surface area contributed by atoms with E-state index in [4.69, 9.17) is 21.6 Å². The van der Waals surface area contributed by atoms with Crippen LogP contribution in [0, 0.1) is 25.2 Å². The zero-order chi connectivity index (χ0) is 13.8. The zero-order valence-corrected chi connectivity index (χ0v) is 11.5. The maximum atomic E-state index is 8.91. The number of hydrogen-bond acceptors (Lipinski definition) is 3. The molecule has 0 aliphatic rings. The predicted molar refractivity (Wildman–Crippen MR) is 74.2 cm³/mol. The molecule has 0 atom stereocenters. The number of halogens is 1. The van der Waals surface area contributed by atoms with Gasteiger partial charge in [-0.15, -0.1) is 0 Å². The summed E-state index contributed by atoms with van der Waals surface area (Å²) in [6.07, 6.45) is 3.28. The second-order valence-electron chi connectivity index (χ2n) is 4.31. The van der Waals surface area contributed by atoms with Crippen molar-refractivity contribution in [3.8, 4) is 11.8 Å². The van der Waals surface area contributed by atoms with Gasteiger partial charge in [0.2, 0.25) is 0 Å². The second-order valence-corrected chi connectivity index (χ2v) is 4.71. The van der Waals surface area contributed by atoms with Crippen LogP contribution in [0.15, 0.2) is 30.6 Å². The Morgan fingerprint density at radius 2 is 2.00 bits per heavy atom. The number of nitrogens with zero attached hydrogens (tertiary/aromatic N) is 2. The summed E-state index contributed by atoms with van der Waals surface area (Å²) in [7, 11) is 0. The fourth-order valence-corrected chi connectivity index (χ4v) is 2.09. The fraction of sp³-hybridized carbons (Fsp3) is 0.200. The largest absolute Gasteiger partial charge is 0.488 e. The smallest absolute Gasteiger partial charge is 0.125 e. The van der Waals surface area contributed by atoms with E-state index in [-0.39, 0.29) is 0 Å². The first-order valence-corrected chi connectivity index (χ1v) is 6.22. The molecule has 4 heteroatoms. The third-order valence-corrected chi connectivity index (χ3v) is 3.16. The average molecular weight is 273 g/mol. The van der Waals surface area contributed by atoms with Crippen LogP contribution in [0.3, 0.4) is 0 Å². The Morgan fingerprint density at radius 3 is 2.58 bits per heavy atom. The summed E-state index contributed by atoms with van der Waals surface area (Å²) in [5.41, 5.74) is 3.42. The van der Waals surface area contributed by atoms with Crippen LogP contribution in [0.4, 0.5) is 0 Å². The molecule has 1 heterocycles. The van der Waals surface area contributed by atoms with E-state index >= 15 is 0 Å². The first kappa shape index (κ1) is 13.4. The van der Waals surface area contributed by atoms with Gasteiger partial charge in [-0.25, -0.2) is 0 Å². The molecular formula is C15H13ClN2O. The number of benzene rings is 1. The number of aromatic nitrogens is 1. The van der Waals surface area contributed by atoms with Crippen LogP contribution in [-0.4, -0.2) is 4.98 Å². The molecule has 0 saturated heterocycles. The van der Waals surface area contributed by atoms with Crippen molar-refractivity contribution in [2.24, 2.45) is 0 Å². The van der Waals surface area contributed by atoms with Gasteiger partial charge in [0.15, 0.2) is 0 Å². The topological polar surface area (TPSA) is 45.9 Å². The van der Waals surface area contributed by atoms with Gasteiger partial charge in [-0.2, -0.15) is 5.26 Å². The Hall–Kier alpha value is -2.05. The molecule has 0 fully saturated rings. The minimum atomic E-state index is 0.384. The molecule has 0 aliphatic carbocycles. The van der Waals surface area contributed by atoms with E-state index in [1.165, 1.54) is 0 Å². The minimum Gasteiger partial charge on any atom is -0.488 e. The number of rotatable bonds is 3. The quantitative estimate of drug-likeness (QED) is 0.854. The van der Waals surface area contributed by atoms with E-state index in [0.29, 0.717) is 17.2 Å². The highest BCUT2D eigenvalue weighted by Gasteiger charge is 2.08. The molecule has 2 rings (SSSR count).